The SMILES string of the molecule is Cc1cc(Sc2ccc(O)cc2)c(S(=O)(=O)Oc2ccccc2)cc1Br. The lowest BCUT2D eigenvalue weighted by atomic mass is 10.2. The van der Waals surface area contributed by atoms with E-state index in [0.717, 1.165) is 10.5 Å². The van der Waals surface area contributed by atoms with Gasteiger partial charge in [0.25, 0.3) is 0 Å². The molecule has 0 aliphatic carbocycles. The van der Waals surface area contributed by atoms with Crippen molar-refractivity contribution < 1.29 is 17.7 Å². The molecule has 3 rings (SSSR count). The highest BCUT2D eigenvalue weighted by atomic mass is 79.9. The van der Waals surface area contributed by atoms with Crippen molar-refractivity contribution in [1.29, 1.82) is 0 Å². The second-order valence-electron chi connectivity index (χ2n) is 5.49. The molecule has 0 aliphatic rings. The molecule has 0 heterocycles. The van der Waals surface area contributed by atoms with Gasteiger partial charge in [-0.25, -0.2) is 0 Å². The van der Waals surface area contributed by atoms with E-state index in [0.29, 0.717) is 9.37 Å². The number of rotatable bonds is 5. The lowest BCUT2D eigenvalue weighted by molar-refractivity contribution is 0.474. The molecule has 0 saturated carbocycles. The number of para-hydroxylation sites is 1. The molecular weight excluding hydrogens is 436 g/mol. The molecule has 0 amide bonds. The Kier molecular flexibility index (Phi) is 5.60. The highest BCUT2D eigenvalue weighted by Crippen LogP contribution is 2.37. The molecular formula is C19H15BrO4S2. The van der Waals surface area contributed by atoms with Crippen LogP contribution in [0.3, 0.4) is 0 Å². The minimum atomic E-state index is -4.01. The Morgan fingerprint density at radius 1 is 1.00 bits per heavy atom. The molecule has 0 atom stereocenters. The van der Waals surface area contributed by atoms with E-state index >= 15 is 0 Å². The quantitative estimate of drug-likeness (QED) is 0.528. The summed E-state index contributed by atoms with van der Waals surface area (Å²) < 4.78 is 31.6. The Bertz CT molecular complexity index is 1020. The van der Waals surface area contributed by atoms with Crippen LogP contribution in [0, 0.1) is 6.92 Å². The first-order valence-electron chi connectivity index (χ1n) is 7.62. The summed E-state index contributed by atoms with van der Waals surface area (Å²) in [5.41, 5.74) is 0.907. The Hall–Kier alpha value is -1.96. The fraction of sp³-hybridized carbons (Fsp3) is 0.0526. The van der Waals surface area contributed by atoms with Gasteiger partial charge in [0.2, 0.25) is 0 Å². The molecule has 26 heavy (non-hydrogen) atoms. The van der Waals surface area contributed by atoms with Crippen LogP contribution >= 0.6 is 27.7 Å². The van der Waals surface area contributed by atoms with Crippen LogP contribution in [-0.4, -0.2) is 13.5 Å². The first-order chi connectivity index (χ1) is 12.3. The molecule has 0 saturated heterocycles. The monoisotopic (exact) mass is 450 g/mol. The summed E-state index contributed by atoms with van der Waals surface area (Å²) in [5.74, 6) is 0.409. The van der Waals surface area contributed by atoms with E-state index in [2.05, 4.69) is 15.9 Å². The summed E-state index contributed by atoms with van der Waals surface area (Å²) in [6, 6.07) is 18.3. The minimum Gasteiger partial charge on any atom is -0.508 e. The van der Waals surface area contributed by atoms with E-state index in [1.807, 2.05) is 6.92 Å². The van der Waals surface area contributed by atoms with Crippen molar-refractivity contribution in [2.75, 3.05) is 0 Å². The van der Waals surface area contributed by atoms with Crippen molar-refractivity contribution in [2.24, 2.45) is 0 Å². The molecule has 0 aliphatic heterocycles. The van der Waals surface area contributed by atoms with Crippen molar-refractivity contribution in [3.8, 4) is 11.5 Å². The van der Waals surface area contributed by atoms with E-state index in [4.69, 9.17) is 4.18 Å². The van der Waals surface area contributed by atoms with Crippen LogP contribution in [0.2, 0.25) is 0 Å². The largest absolute Gasteiger partial charge is 0.508 e. The average molecular weight is 451 g/mol. The summed E-state index contributed by atoms with van der Waals surface area (Å²) in [6.07, 6.45) is 0. The van der Waals surface area contributed by atoms with E-state index in [1.165, 1.54) is 11.8 Å². The summed E-state index contributed by atoms with van der Waals surface area (Å²) in [7, 11) is -4.01. The van der Waals surface area contributed by atoms with Crippen LogP contribution in [0.1, 0.15) is 5.56 Å². The molecule has 7 heteroatoms. The summed E-state index contributed by atoms with van der Waals surface area (Å²) in [4.78, 5) is 1.44. The average Bonchev–Trinajstić information content (AvgIpc) is 2.60. The molecule has 4 nitrogen and oxygen atoms in total. The normalized spacial score (nSPS) is 11.3. The van der Waals surface area contributed by atoms with Crippen molar-refractivity contribution in [2.45, 2.75) is 21.6 Å². The summed E-state index contributed by atoms with van der Waals surface area (Å²) >= 11 is 4.68. The Labute approximate surface area is 165 Å². The van der Waals surface area contributed by atoms with Gasteiger partial charge in [-0.3, -0.25) is 0 Å². The summed E-state index contributed by atoms with van der Waals surface area (Å²) in [5, 5.41) is 9.42. The maximum Gasteiger partial charge on any atom is 0.340 e. The van der Waals surface area contributed by atoms with Crippen molar-refractivity contribution in [3.05, 3.63) is 76.8 Å². The van der Waals surface area contributed by atoms with Crippen molar-refractivity contribution in [3.63, 3.8) is 0 Å². The summed E-state index contributed by atoms with van der Waals surface area (Å²) in [6.45, 7) is 1.89. The van der Waals surface area contributed by atoms with Crippen LogP contribution in [0.5, 0.6) is 11.5 Å². The first kappa shape index (κ1) is 18.8. The Morgan fingerprint density at radius 2 is 1.65 bits per heavy atom. The standard InChI is InChI=1S/C19H15BrO4S2/c1-13-11-18(25-16-9-7-14(21)8-10-16)19(12-17(13)20)26(22,23)24-15-5-3-2-4-6-15/h2-12,21H,1H3. The Morgan fingerprint density at radius 3 is 2.31 bits per heavy atom. The maximum absolute atomic E-state index is 12.8. The smallest absolute Gasteiger partial charge is 0.340 e. The molecule has 1 N–H and O–H groups in total. The highest BCUT2D eigenvalue weighted by Gasteiger charge is 2.23. The van der Waals surface area contributed by atoms with Gasteiger partial charge in [0, 0.05) is 14.3 Å². The number of benzene rings is 3. The lowest BCUT2D eigenvalue weighted by Crippen LogP contribution is -2.11. The van der Waals surface area contributed by atoms with Crippen molar-refractivity contribution in [1.82, 2.24) is 0 Å². The number of aromatic hydroxyl groups is 1. The van der Waals surface area contributed by atoms with Gasteiger partial charge in [-0.1, -0.05) is 45.9 Å². The third-order valence-corrected chi connectivity index (χ3v) is 6.85. The van der Waals surface area contributed by atoms with Crippen LogP contribution in [0.4, 0.5) is 0 Å². The van der Waals surface area contributed by atoms with Gasteiger partial charge in [-0.2, -0.15) is 8.42 Å². The predicted octanol–water partition coefficient (Wildman–Crippen LogP) is 5.38. The van der Waals surface area contributed by atoms with Crippen LogP contribution < -0.4 is 4.18 Å². The number of hydrogen-bond acceptors (Lipinski definition) is 5. The maximum atomic E-state index is 12.8. The second kappa shape index (κ2) is 7.73. The number of aryl methyl sites for hydroxylation is 1. The molecule has 0 radical (unpaired) electrons. The molecule has 0 unspecified atom stereocenters. The molecule has 0 aromatic heterocycles. The number of phenols is 1. The van der Waals surface area contributed by atoms with Gasteiger partial charge in [0.15, 0.2) is 0 Å². The molecule has 3 aromatic carbocycles. The third-order valence-electron chi connectivity index (χ3n) is 3.51. The topological polar surface area (TPSA) is 63.6 Å². The van der Waals surface area contributed by atoms with Gasteiger partial charge in [0.05, 0.1) is 0 Å². The molecule has 0 bridgehead atoms. The van der Waals surface area contributed by atoms with Gasteiger partial charge in [0.1, 0.15) is 16.4 Å². The predicted molar refractivity (Wildman–Crippen MR) is 105 cm³/mol. The molecule has 0 spiro atoms. The highest BCUT2D eigenvalue weighted by molar-refractivity contribution is 9.10. The number of halogens is 1. The lowest BCUT2D eigenvalue weighted by Gasteiger charge is -2.13. The Balaban J connectivity index is 2.02. The second-order valence-corrected chi connectivity index (χ2v) is 8.98. The number of hydrogen-bond donors (Lipinski definition) is 1. The first-order valence-corrected chi connectivity index (χ1v) is 10.6. The van der Waals surface area contributed by atoms with E-state index in [-0.39, 0.29) is 16.4 Å². The minimum absolute atomic E-state index is 0.0805. The molecule has 0 fully saturated rings. The van der Waals surface area contributed by atoms with Gasteiger partial charge < -0.3 is 9.29 Å². The van der Waals surface area contributed by atoms with E-state index in [1.54, 1.807) is 66.7 Å². The van der Waals surface area contributed by atoms with Gasteiger partial charge >= 0.3 is 10.1 Å². The zero-order valence-corrected chi connectivity index (χ0v) is 16.9. The van der Waals surface area contributed by atoms with Crippen LogP contribution in [0.15, 0.2) is 85.9 Å². The molecule has 134 valence electrons. The van der Waals surface area contributed by atoms with Crippen LogP contribution in [-0.2, 0) is 10.1 Å². The fourth-order valence-electron chi connectivity index (χ4n) is 2.20. The van der Waals surface area contributed by atoms with Crippen LogP contribution in [0.25, 0.3) is 0 Å². The van der Waals surface area contributed by atoms with E-state index in [9.17, 15) is 13.5 Å². The van der Waals surface area contributed by atoms with Gasteiger partial charge in [-0.15, -0.1) is 0 Å². The third kappa shape index (κ3) is 4.41. The van der Waals surface area contributed by atoms with E-state index < -0.39 is 10.1 Å². The number of phenolic OH excluding ortho intramolecular Hbond substituents is 1. The molecule has 3 aromatic rings. The zero-order chi connectivity index (χ0) is 18.7. The zero-order valence-electron chi connectivity index (χ0n) is 13.7. The fourth-order valence-corrected chi connectivity index (χ4v) is 5.07. The van der Waals surface area contributed by atoms with Gasteiger partial charge in [-0.05, 0) is 61.0 Å². The van der Waals surface area contributed by atoms with Crippen molar-refractivity contribution >= 4 is 37.8 Å².